The molecule has 0 spiro atoms. The van der Waals surface area contributed by atoms with E-state index in [4.69, 9.17) is 5.41 Å². The number of nitrogens with zero attached hydrogens (tertiary/aromatic N) is 2. The van der Waals surface area contributed by atoms with Crippen LogP contribution in [0.15, 0.2) is 0 Å². The largest absolute Gasteiger partial charge is 0.349 e. The predicted molar refractivity (Wildman–Crippen MR) is 56.4 cm³/mol. The number of rotatable bonds is 3. The fourth-order valence-electron chi connectivity index (χ4n) is 1.73. The minimum Gasteiger partial charge on any atom is -0.349 e. The lowest BCUT2D eigenvalue weighted by atomic mass is 10.2. The zero-order chi connectivity index (χ0) is 10.7. The average molecular weight is 197 g/mol. The SMILES string of the molecule is CCN(C)C(=O)C(C)N1CCCC1=N. The van der Waals surface area contributed by atoms with Crippen molar-refractivity contribution in [2.24, 2.45) is 0 Å². The van der Waals surface area contributed by atoms with Crippen LogP contribution >= 0.6 is 0 Å². The lowest BCUT2D eigenvalue weighted by Gasteiger charge is -2.28. The van der Waals surface area contributed by atoms with Crippen LogP contribution < -0.4 is 0 Å². The Hall–Kier alpha value is -1.06. The van der Waals surface area contributed by atoms with Crippen molar-refractivity contribution in [1.29, 1.82) is 5.41 Å². The van der Waals surface area contributed by atoms with Crippen molar-refractivity contribution in [3.05, 3.63) is 0 Å². The minimum absolute atomic E-state index is 0.110. The van der Waals surface area contributed by atoms with Gasteiger partial charge in [0.25, 0.3) is 0 Å². The average Bonchev–Trinajstić information content (AvgIpc) is 2.61. The fraction of sp³-hybridized carbons (Fsp3) is 0.800. The van der Waals surface area contributed by atoms with Crippen LogP contribution in [0.5, 0.6) is 0 Å². The van der Waals surface area contributed by atoms with Crippen molar-refractivity contribution in [2.45, 2.75) is 32.7 Å². The first-order chi connectivity index (χ1) is 6.57. The zero-order valence-corrected chi connectivity index (χ0v) is 9.21. The highest BCUT2D eigenvalue weighted by atomic mass is 16.2. The standard InChI is InChI=1S/C10H19N3O/c1-4-12(3)10(14)8(2)13-7-5-6-9(13)11/h8,11H,4-7H2,1-3H3. The highest BCUT2D eigenvalue weighted by molar-refractivity contribution is 5.89. The molecule has 4 nitrogen and oxygen atoms in total. The lowest BCUT2D eigenvalue weighted by molar-refractivity contribution is -0.133. The number of amides is 1. The molecule has 80 valence electrons. The summed E-state index contributed by atoms with van der Waals surface area (Å²) in [7, 11) is 1.80. The van der Waals surface area contributed by atoms with Gasteiger partial charge in [0.1, 0.15) is 6.04 Å². The van der Waals surface area contributed by atoms with Crippen molar-refractivity contribution in [3.8, 4) is 0 Å². The van der Waals surface area contributed by atoms with Crippen LogP contribution in [0.1, 0.15) is 26.7 Å². The lowest BCUT2D eigenvalue weighted by Crippen LogP contribution is -2.46. The maximum atomic E-state index is 11.8. The fourth-order valence-corrected chi connectivity index (χ4v) is 1.73. The molecule has 0 aromatic rings. The number of amidine groups is 1. The summed E-state index contributed by atoms with van der Waals surface area (Å²) in [5, 5.41) is 7.68. The van der Waals surface area contributed by atoms with Crippen LogP contribution in [0.25, 0.3) is 0 Å². The number of likely N-dealkylation sites (tertiary alicyclic amines) is 1. The molecule has 1 atom stereocenters. The van der Waals surface area contributed by atoms with Crippen LogP contribution in [0, 0.1) is 5.41 Å². The second-order valence-electron chi connectivity index (χ2n) is 3.77. The summed E-state index contributed by atoms with van der Waals surface area (Å²) in [6.07, 6.45) is 1.82. The number of carbonyl (C=O) groups is 1. The van der Waals surface area contributed by atoms with Crippen LogP contribution in [0.4, 0.5) is 0 Å². The molecule has 4 heteroatoms. The van der Waals surface area contributed by atoms with E-state index in [1.165, 1.54) is 0 Å². The van der Waals surface area contributed by atoms with Crippen molar-refractivity contribution >= 4 is 11.7 Å². The summed E-state index contributed by atoms with van der Waals surface area (Å²) in [6, 6.07) is -0.171. The molecule has 0 bridgehead atoms. The highest BCUT2D eigenvalue weighted by Gasteiger charge is 2.28. The molecule has 1 amide bonds. The maximum absolute atomic E-state index is 11.8. The van der Waals surface area contributed by atoms with Crippen molar-refractivity contribution in [1.82, 2.24) is 9.80 Å². The predicted octanol–water partition coefficient (Wildman–Crippen LogP) is 0.926. The molecular formula is C10H19N3O. The van der Waals surface area contributed by atoms with E-state index in [0.717, 1.165) is 25.9 Å². The van der Waals surface area contributed by atoms with Gasteiger partial charge in [-0.25, -0.2) is 0 Å². The molecular weight excluding hydrogens is 178 g/mol. The Balaban J connectivity index is 2.60. The summed E-state index contributed by atoms with van der Waals surface area (Å²) < 4.78 is 0. The minimum atomic E-state index is -0.171. The Bertz CT molecular complexity index is 240. The van der Waals surface area contributed by atoms with Gasteiger partial charge >= 0.3 is 0 Å². The maximum Gasteiger partial charge on any atom is 0.244 e. The van der Waals surface area contributed by atoms with Crippen molar-refractivity contribution < 1.29 is 4.79 Å². The van der Waals surface area contributed by atoms with Gasteiger partial charge < -0.3 is 9.80 Å². The van der Waals surface area contributed by atoms with Gasteiger partial charge in [-0.3, -0.25) is 10.2 Å². The quantitative estimate of drug-likeness (QED) is 0.731. The summed E-state index contributed by atoms with van der Waals surface area (Å²) in [4.78, 5) is 15.4. The molecule has 0 radical (unpaired) electrons. The van der Waals surface area contributed by atoms with E-state index in [2.05, 4.69) is 0 Å². The van der Waals surface area contributed by atoms with Gasteiger partial charge in [0.2, 0.25) is 5.91 Å². The molecule has 1 unspecified atom stereocenters. The topological polar surface area (TPSA) is 47.4 Å². The Morgan fingerprint density at radius 3 is 2.79 bits per heavy atom. The number of hydrogen-bond acceptors (Lipinski definition) is 2. The van der Waals surface area contributed by atoms with E-state index in [0.29, 0.717) is 5.84 Å². The van der Waals surface area contributed by atoms with Gasteiger partial charge in [0, 0.05) is 26.6 Å². The number of likely N-dealkylation sites (N-methyl/N-ethyl adjacent to an activating group) is 1. The van der Waals surface area contributed by atoms with E-state index >= 15 is 0 Å². The Morgan fingerprint density at radius 1 is 1.71 bits per heavy atom. The van der Waals surface area contributed by atoms with Crippen molar-refractivity contribution in [3.63, 3.8) is 0 Å². The first-order valence-electron chi connectivity index (χ1n) is 5.17. The summed E-state index contributed by atoms with van der Waals surface area (Å²) in [6.45, 7) is 5.42. The third kappa shape index (κ3) is 2.05. The molecule has 1 fully saturated rings. The van der Waals surface area contributed by atoms with Gasteiger partial charge in [-0.05, 0) is 20.3 Å². The highest BCUT2D eigenvalue weighted by Crippen LogP contribution is 2.14. The monoisotopic (exact) mass is 197 g/mol. The Morgan fingerprint density at radius 2 is 2.36 bits per heavy atom. The molecule has 1 saturated heterocycles. The van der Waals surface area contributed by atoms with Crippen LogP contribution in [0.3, 0.4) is 0 Å². The van der Waals surface area contributed by atoms with Gasteiger partial charge in [0.05, 0.1) is 5.84 Å². The Kier molecular flexibility index (Phi) is 3.49. The van der Waals surface area contributed by atoms with E-state index < -0.39 is 0 Å². The molecule has 1 heterocycles. The van der Waals surface area contributed by atoms with Gasteiger partial charge in [0.15, 0.2) is 0 Å². The molecule has 14 heavy (non-hydrogen) atoms. The van der Waals surface area contributed by atoms with Crippen molar-refractivity contribution in [2.75, 3.05) is 20.1 Å². The molecule has 1 aliphatic heterocycles. The Labute approximate surface area is 85.4 Å². The van der Waals surface area contributed by atoms with Gasteiger partial charge in [-0.1, -0.05) is 0 Å². The first-order valence-corrected chi connectivity index (χ1v) is 5.17. The summed E-state index contributed by atoms with van der Waals surface area (Å²) in [5.74, 6) is 0.717. The summed E-state index contributed by atoms with van der Waals surface area (Å²) in [5.41, 5.74) is 0. The van der Waals surface area contributed by atoms with E-state index in [9.17, 15) is 4.79 Å². The molecule has 0 aromatic carbocycles. The van der Waals surface area contributed by atoms with Crippen LogP contribution in [-0.2, 0) is 4.79 Å². The zero-order valence-electron chi connectivity index (χ0n) is 9.21. The molecule has 1 N–H and O–H groups in total. The third-order valence-electron chi connectivity index (χ3n) is 2.83. The molecule has 0 saturated carbocycles. The van der Waals surface area contributed by atoms with Gasteiger partial charge in [-0.15, -0.1) is 0 Å². The molecule has 1 aliphatic rings. The van der Waals surface area contributed by atoms with Crippen LogP contribution in [-0.4, -0.2) is 47.7 Å². The number of hydrogen-bond donors (Lipinski definition) is 1. The summed E-state index contributed by atoms with van der Waals surface area (Å²) >= 11 is 0. The number of carbonyl (C=O) groups excluding carboxylic acids is 1. The molecule has 0 aromatic heterocycles. The second kappa shape index (κ2) is 4.44. The molecule has 1 rings (SSSR count). The molecule has 0 aliphatic carbocycles. The van der Waals surface area contributed by atoms with E-state index in [1.807, 2.05) is 18.7 Å². The van der Waals surface area contributed by atoms with Crippen LogP contribution in [0.2, 0.25) is 0 Å². The smallest absolute Gasteiger partial charge is 0.244 e. The first kappa shape index (κ1) is 11.0. The third-order valence-corrected chi connectivity index (χ3v) is 2.83. The van der Waals surface area contributed by atoms with Gasteiger partial charge in [-0.2, -0.15) is 0 Å². The number of nitrogens with one attached hydrogen (secondary N) is 1. The normalized spacial score (nSPS) is 18.5. The van der Waals surface area contributed by atoms with E-state index in [1.54, 1.807) is 11.9 Å². The van der Waals surface area contributed by atoms with E-state index in [-0.39, 0.29) is 11.9 Å². The second-order valence-corrected chi connectivity index (χ2v) is 3.77.